The molecule has 0 radical (unpaired) electrons. The largest absolute Gasteiger partial charge is 0.396 e. The molecule has 0 aliphatic carbocycles. The number of anilines is 1. The Morgan fingerprint density at radius 3 is 2.87 bits per heavy atom. The number of aryl methyl sites for hydroxylation is 1. The van der Waals surface area contributed by atoms with Gasteiger partial charge in [0.05, 0.1) is 0 Å². The van der Waals surface area contributed by atoms with Crippen molar-refractivity contribution in [3.05, 3.63) is 58.9 Å². The first-order valence-electron chi connectivity index (χ1n) is 7.42. The third-order valence-electron chi connectivity index (χ3n) is 3.28. The lowest BCUT2D eigenvalue weighted by molar-refractivity contribution is 0.199. The minimum absolute atomic E-state index is 0.0354. The maximum Gasteiger partial charge on any atom is 0.322 e. The van der Waals surface area contributed by atoms with Crippen molar-refractivity contribution in [1.82, 2.24) is 9.88 Å². The molecular formula is C17H20ClN3O2. The predicted octanol–water partition coefficient (Wildman–Crippen LogP) is 3.46. The van der Waals surface area contributed by atoms with Crippen LogP contribution < -0.4 is 5.32 Å². The number of amides is 2. The van der Waals surface area contributed by atoms with Gasteiger partial charge in [-0.25, -0.2) is 4.79 Å². The molecule has 0 bridgehead atoms. The van der Waals surface area contributed by atoms with Crippen LogP contribution in [0.2, 0.25) is 5.02 Å². The molecule has 1 aromatic carbocycles. The minimum atomic E-state index is -0.218. The fourth-order valence-electron chi connectivity index (χ4n) is 2.20. The molecule has 0 aliphatic heterocycles. The minimum Gasteiger partial charge on any atom is -0.396 e. The van der Waals surface area contributed by atoms with Gasteiger partial charge >= 0.3 is 6.03 Å². The van der Waals surface area contributed by atoms with Gasteiger partial charge in [0.2, 0.25) is 0 Å². The molecule has 0 unspecified atom stereocenters. The fraction of sp³-hybridized carbons (Fsp3) is 0.294. The monoisotopic (exact) mass is 333 g/mol. The summed E-state index contributed by atoms with van der Waals surface area (Å²) >= 11 is 5.99. The number of nitrogens with zero attached hydrogens (tertiary/aromatic N) is 2. The summed E-state index contributed by atoms with van der Waals surface area (Å²) in [6, 6.07) is 10.7. The van der Waals surface area contributed by atoms with E-state index in [2.05, 4.69) is 10.3 Å². The van der Waals surface area contributed by atoms with Gasteiger partial charge in [-0.05, 0) is 43.2 Å². The highest BCUT2D eigenvalue weighted by molar-refractivity contribution is 6.30. The van der Waals surface area contributed by atoms with Gasteiger partial charge < -0.3 is 15.3 Å². The Balaban J connectivity index is 2.08. The zero-order valence-corrected chi connectivity index (χ0v) is 13.8. The Hall–Kier alpha value is -2.11. The highest BCUT2D eigenvalue weighted by Gasteiger charge is 2.14. The number of aliphatic hydroxyl groups is 1. The van der Waals surface area contributed by atoms with Gasteiger partial charge in [0.15, 0.2) is 0 Å². The van der Waals surface area contributed by atoms with E-state index in [0.717, 1.165) is 11.3 Å². The van der Waals surface area contributed by atoms with Crippen molar-refractivity contribution in [2.45, 2.75) is 19.9 Å². The second-order valence-corrected chi connectivity index (χ2v) is 5.68. The maximum atomic E-state index is 12.5. The average Bonchev–Trinajstić information content (AvgIpc) is 2.51. The molecule has 0 atom stereocenters. The van der Waals surface area contributed by atoms with Crippen LogP contribution in [0.15, 0.2) is 42.6 Å². The van der Waals surface area contributed by atoms with E-state index in [4.69, 9.17) is 16.7 Å². The second-order valence-electron chi connectivity index (χ2n) is 5.24. The summed E-state index contributed by atoms with van der Waals surface area (Å²) in [6.45, 7) is 2.79. The quantitative estimate of drug-likeness (QED) is 0.850. The smallest absolute Gasteiger partial charge is 0.322 e. The molecule has 2 N–H and O–H groups in total. The number of carbonyl (C=O) groups excluding carboxylic acids is 1. The van der Waals surface area contributed by atoms with Crippen LogP contribution in [0.4, 0.5) is 10.5 Å². The Morgan fingerprint density at radius 1 is 1.35 bits per heavy atom. The third kappa shape index (κ3) is 5.54. The first kappa shape index (κ1) is 17.2. The summed E-state index contributed by atoms with van der Waals surface area (Å²) in [5.74, 6) is 0. The number of nitrogens with one attached hydrogen (secondary N) is 1. The Labute approximate surface area is 140 Å². The highest BCUT2D eigenvalue weighted by Crippen LogP contribution is 2.14. The SMILES string of the molecule is Cc1cc(NC(=O)N(CCCO)Cc2cccc(Cl)c2)ccn1. The summed E-state index contributed by atoms with van der Waals surface area (Å²) in [4.78, 5) is 18.3. The van der Waals surface area contributed by atoms with Gasteiger partial charge in [0.25, 0.3) is 0 Å². The van der Waals surface area contributed by atoms with Crippen LogP contribution in [0, 0.1) is 6.92 Å². The lowest BCUT2D eigenvalue weighted by Gasteiger charge is -2.23. The molecule has 5 nitrogen and oxygen atoms in total. The van der Waals surface area contributed by atoms with Crippen LogP contribution in [0.1, 0.15) is 17.7 Å². The van der Waals surface area contributed by atoms with Crippen molar-refractivity contribution in [3.8, 4) is 0 Å². The molecule has 0 saturated carbocycles. The molecule has 23 heavy (non-hydrogen) atoms. The van der Waals surface area contributed by atoms with E-state index in [1.807, 2.05) is 31.2 Å². The zero-order valence-electron chi connectivity index (χ0n) is 13.0. The fourth-order valence-corrected chi connectivity index (χ4v) is 2.41. The molecule has 2 aromatic rings. The summed E-state index contributed by atoms with van der Waals surface area (Å²) in [7, 11) is 0. The van der Waals surface area contributed by atoms with Gasteiger partial charge in [-0.2, -0.15) is 0 Å². The van der Waals surface area contributed by atoms with E-state index in [9.17, 15) is 4.79 Å². The standard InChI is InChI=1S/C17H20ClN3O2/c1-13-10-16(6-7-19-13)20-17(23)21(8-3-9-22)12-14-4-2-5-15(18)11-14/h2,4-7,10-11,22H,3,8-9,12H2,1H3,(H,19,20,23). The molecule has 0 saturated heterocycles. The van der Waals surface area contributed by atoms with Crippen LogP contribution in [0.3, 0.4) is 0 Å². The molecule has 1 heterocycles. The van der Waals surface area contributed by atoms with Crippen LogP contribution in [0.5, 0.6) is 0 Å². The van der Waals surface area contributed by atoms with Gasteiger partial charge in [-0.15, -0.1) is 0 Å². The second kappa shape index (κ2) is 8.50. The molecular weight excluding hydrogens is 314 g/mol. The first-order chi connectivity index (χ1) is 11.1. The predicted molar refractivity (Wildman–Crippen MR) is 91.6 cm³/mol. The zero-order chi connectivity index (χ0) is 16.7. The van der Waals surface area contributed by atoms with E-state index in [-0.39, 0.29) is 12.6 Å². The van der Waals surface area contributed by atoms with E-state index in [1.165, 1.54) is 0 Å². The van der Waals surface area contributed by atoms with Crippen molar-refractivity contribution < 1.29 is 9.90 Å². The lowest BCUT2D eigenvalue weighted by atomic mass is 10.2. The number of aromatic nitrogens is 1. The number of hydrogen-bond donors (Lipinski definition) is 2. The number of benzene rings is 1. The molecule has 2 rings (SSSR count). The Bertz CT molecular complexity index is 664. The van der Waals surface area contributed by atoms with Gasteiger partial charge in [0.1, 0.15) is 0 Å². The molecule has 0 spiro atoms. The van der Waals surface area contributed by atoms with Crippen molar-refractivity contribution in [3.63, 3.8) is 0 Å². The van der Waals surface area contributed by atoms with Gasteiger partial charge in [0, 0.05) is 42.3 Å². The van der Waals surface area contributed by atoms with Crippen LogP contribution >= 0.6 is 11.6 Å². The summed E-state index contributed by atoms with van der Waals surface area (Å²) < 4.78 is 0. The Morgan fingerprint density at radius 2 is 2.17 bits per heavy atom. The van der Waals surface area contributed by atoms with Gasteiger partial charge in [-0.1, -0.05) is 23.7 Å². The maximum absolute atomic E-state index is 12.5. The van der Waals surface area contributed by atoms with Crippen LogP contribution in [0.25, 0.3) is 0 Å². The van der Waals surface area contributed by atoms with E-state index >= 15 is 0 Å². The summed E-state index contributed by atoms with van der Waals surface area (Å²) in [6.07, 6.45) is 2.17. The number of rotatable bonds is 6. The van der Waals surface area contributed by atoms with Crippen molar-refractivity contribution in [1.29, 1.82) is 0 Å². The number of pyridine rings is 1. The van der Waals surface area contributed by atoms with Crippen molar-refractivity contribution >= 4 is 23.3 Å². The number of hydrogen-bond acceptors (Lipinski definition) is 3. The van der Waals surface area contributed by atoms with Crippen molar-refractivity contribution in [2.75, 3.05) is 18.5 Å². The topological polar surface area (TPSA) is 65.5 Å². The molecule has 6 heteroatoms. The molecule has 122 valence electrons. The molecule has 1 aromatic heterocycles. The van der Waals surface area contributed by atoms with Crippen molar-refractivity contribution in [2.24, 2.45) is 0 Å². The average molecular weight is 334 g/mol. The lowest BCUT2D eigenvalue weighted by Crippen LogP contribution is -2.35. The number of halogens is 1. The third-order valence-corrected chi connectivity index (χ3v) is 3.52. The molecule has 0 fully saturated rings. The van der Waals surface area contributed by atoms with E-state index < -0.39 is 0 Å². The van der Waals surface area contributed by atoms with Crippen LogP contribution in [-0.2, 0) is 6.54 Å². The highest BCUT2D eigenvalue weighted by atomic mass is 35.5. The summed E-state index contributed by atoms with van der Waals surface area (Å²) in [5, 5.41) is 12.5. The normalized spacial score (nSPS) is 10.4. The van der Waals surface area contributed by atoms with Crippen LogP contribution in [-0.4, -0.2) is 34.2 Å². The number of aliphatic hydroxyl groups excluding tert-OH is 1. The van der Waals surface area contributed by atoms with E-state index in [1.54, 1.807) is 23.2 Å². The molecule has 2 amide bonds. The number of urea groups is 1. The number of carbonyl (C=O) groups is 1. The van der Waals surface area contributed by atoms with Gasteiger partial charge in [-0.3, -0.25) is 4.98 Å². The summed E-state index contributed by atoms with van der Waals surface area (Å²) in [5.41, 5.74) is 2.47. The molecule has 0 aliphatic rings. The van der Waals surface area contributed by atoms with E-state index in [0.29, 0.717) is 30.2 Å². The Kier molecular flexibility index (Phi) is 6.38. The first-order valence-corrected chi connectivity index (χ1v) is 7.80.